The molecule has 2 aliphatic carbocycles. The average molecular weight is 393 g/mol. The van der Waals surface area contributed by atoms with E-state index in [1.165, 1.54) is 6.26 Å². The second-order valence-corrected chi connectivity index (χ2v) is 14.6. The number of hydrogen-bond acceptors (Lipinski definition) is 5. The Morgan fingerprint density at radius 3 is 2.44 bits per heavy atom. The van der Waals surface area contributed by atoms with Crippen molar-refractivity contribution in [1.82, 2.24) is 0 Å². The minimum Gasteiger partial charge on any atom is -0.461 e. The van der Waals surface area contributed by atoms with E-state index in [0.29, 0.717) is 17.7 Å². The summed E-state index contributed by atoms with van der Waals surface area (Å²) in [7, 11) is -0.597. The van der Waals surface area contributed by atoms with Gasteiger partial charge in [0.1, 0.15) is 5.78 Å². The summed E-state index contributed by atoms with van der Waals surface area (Å²) in [4.78, 5) is 26.4. The Kier molecular flexibility index (Phi) is 4.85. The molecule has 0 unspecified atom stereocenters. The van der Waals surface area contributed by atoms with Crippen molar-refractivity contribution in [3.8, 4) is 0 Å². The molecule has 5 atom stereocenters. The molecule has 0 bridgehead atoms. The molecule has 1 heterocycles. The van der Waals surface area contributed by atoms with Gasteiger partial charge >= 0.3 is 0 Å². The quantitative estimate of drug-likeness (QED) is 0.692. The van der Waals surface area contributed by atoms with Gasteiger partial charge in [0.15, 0.2) is 14.1 Å². The molecule has 0 spiro atoms. The number of carbonyl (C=O) groups excluding carboxylic acids is 2. The lowest BCUT2D eigenvalue weighted by molar-refractivity contribution is -0.133. The molecule has 2 aliphatic rings. The van der Waals surface area contributed by atoms with E-state index in [9.17, 15) is 9.59 Å². The van der Waals surface area contributed by atoms with E-state index in [-0.39, 0.29) is 34.5 Å². The maximum absolute atomic E-state index is 13.3. The number of fused-ring (bicyclic) bond motifs is 2. The van der Waals surface area contributed by atoms with Gasteiger partial charge in [-0.25, -0.2) is 0 Å². The fourth-order valence-corrected chi connectivity index (χ4v) is 5.88. The second-order valence-electron chi connectivity index (χ2n) is 9.83. The highest BCUT2D eigenvalue weighted by molar-refractivity contribution is 6.74. The summed E-state index contributed by atoms with van der Waals surface area (Å²) in [5, 5.41) is -0.0208. The number of rotatable bonds is 3. The average Bonchev–Trinajstić information content (AvgIpc) is 3.12. The molecule has 150 valence electrons. The van der Waals surface area contributed by atoms with Gasteiger partial charge in [-0.05, 0) is 31.1 Å². The molecule has 1 aromatic rings. The number of ketones is 2. The van der Waals surface area contributed by atoms with Gasteiger partial charge in [-0.15, -0.1) is 0 Å². The maximum Gasteiger partial charge on any atom is 0.201 e. The number of carbonyl (C=O) groups is 2. The molecular formula is C21H32O5Si. The zero-order chi connectivity index (χ0) is 20.4. The summed E-state index contributed by atoms with van der Waals surface area (Å²) in [6, 6.07) is 1.80. The minimum atomic E-state index is -2.22. The van der Waals surface area contributed by atoms with Gasteiger partial charge in [0, 0.05) is 30.9 Å². The highest BCUT2D eigenvalue weighted by Gasteiger charge is 2.63. The first-order valence-electron chi connectivity index (χ1n) is 9.71. The third kappa shape index (κ3) is 2.88. The number of Topliss-reactive ketones (excluding diaryl/α,β-unsaturated/α-hetero) is 2. The summed E-state index contributed by atoms with van der Waals surface area (Å²) < 4.78 is 18.1. The summed E-state index contributed by atoms with van der Waals surface area (Å²) in [5.74, 6) is -0.227. The minimum absolute atomic E-state index is 0.0208. The van der Waals surface area contributed by atoms with E-state index in [0.717, 1.165) is 0 Å². The number of methoxy groups -OCH3 is 1. The van der Waals surface area contributed by atoms with Gasteiger partial charge in [-0.3, -0.25) is 9.59 Å². The standard InChI is InChI=1S/C21H32O5Si/c1-12-16-14(24-6)11-15(22)21(16,5)19(26-27(7,8)20(2,3)4)13-9-10-25-18(13)17(12)23/h9-10,12,14,16,19H,11H2,1-8H3/t12-,14-,16+,19-,21+/m0/s1. The van der Waals surface area contributed by atoms with E-state index in [1.807, 2.05) is 13.8 Å². The largest absolute Gasteiger partial charge is 0.461 e. The fourth-order valence-electron chi connectivity index (χ4n) is 4.57. The van der Waals surface area contributed by atoms with Crippen molar-refractivity contribution in [2.45, 2.75) is 71.4 Å². The van der Waals surface area contributed by atoms with Crippen molar-refractivity contribution < 1.29 is 23.2 Å². The molecule has 0 N–H and O–H groups in total. The molecule has 6 heteroatoms. The molecule has 5 nitrogen and oxygen atoms in total. The lowest BCUT2D eigenvalue weighted by atomic mass is 9.69. The SMILES string of the molecule is CO[C@H]1CC(=O)[C@]2(C)[C@@H]1[C@H](C)C(=O)c1occc1[C@@H]2O[Si](C)(C)C(C)(C)C. The van der Waals surface area contributed by atoms with E-state index in [1.54, 1.807) is 13.2 Å². The normalized spacial score (nSPS) is 34.4. The highest BCUT2D eigenvalue weighted by Crippen LogP contribution is 2.58. The summed E-state index contributed by atoms with van der Waals surface area (Å²) in [5.41, 5.74) is -0.104. The molecule has 0 aliphatic heterocycles. The van der Waals surface area contributed by atoms with Crippen LogP contribution in [0.4, 0.5) is 0 Å². The van der Waals surface area contributed by atoms with Crippen molar-refractivity contribution in [1.29, 1.82) is 0 Å². The van der Waals surface area contributed by atoms with Crippen LogP contribution >= 0.6 is 0 Å². The molecule has 0 aromatic carbocycles. The fraction of sp³-hybridized carbons (Fsp3) is 0.714. The lowest BCUT2D eigenvalue weighted by Crippen LogP contribution is -2.48. The third-order valence-corrected chi connectivity index (χ3v) is 11.7. The van der Waals surface area contributed by atoms with Gasteiger partial charge < -0.3 is 13.6 Å². The van der Waals surface area contributed by atoms with Gasteiger partial charge in [-0.1, -0.05) is 27.7 Å². The summed E-state index contributed by atoms with van der Waals surface area (Å²) in [6.45, 7) is 14.7. The smallest absolute Gasteiger partial charge is 0.201 e. The lowest BCUT2D eigenvalue weighted by Gasteiger charge is -2.45. The second kappa shape index (κ2) is 6.39. The van der Waals surface area contributed by atoms with Crippen LogP contribution in [0.1, 0.15) is 63.3 Å². The van der Waals surface area contributed by atoms with E-state index < -0.39 is 19.8 Å². The van der Waals surface area contributed by atoms with Crippen molar-refractivity contribution >= 4 is 19.9 Å². The Hall–Kier alpha value is -1.24. The Bertz CT molecular complexity index is 759. The topological polar surface area (TPSA) is 65.7 Å². The van der Waals surface area contributed by atoms with Crippen LogP contribution in [0.2, 0.25) is 18.1 Å². The third-order valence-electron chi connectivity index (χ3n) is 7.30. The number of furan rings is 1. The Labute approximate surface area is 162 Å². The monoisotopic (exact) mass is 392 g/mol. The molecule has 27 heavy (non-hydrogen) atoms. The molecular weight excluding hydrogens is 360 g/mol. The molecule has 0 saturated heterocycles. The van der Waals surface area contributed by atoms with E-state index in [2.05, 4.69) is 33.9 Å². The Morgan fingerprint density at radius 1 is 1.26 bits per heavy atom. The Morgan fingerprint density at radius 2 is 1.89 bits per heavy atom. The molecule has 0 amide bonds. The van der Waals surface area contributed by atoms with Crippen LogP contribution in [0.5, 0.6) is 0 Å². The van der Waals surface area contributed by atoms with Crippen molar-refractivity contribution in [3.63, 3.8) is 0 Å². The predicted molar refractivity (Wildman–Crippen MR) is 105 cm³/mol. The zero-order valence-electron chi connectivity index (χ0n) is 17.7. The maximum atomic E-state index is 13.3. The van der Waals surface area contributed by atoms with Crippen molar-refractivity contribution in [3.05, 3.63) is 23.7 Å². The van der Waals surface area contributed by atoms with Gasteiger partial charge in [0.05, 0.1) is 23.9 Å². The van der Waals surface area contributed by atoms with Crippen LogP contribution < -0.4 is 0 Å². The first-order chi connectivity index (χ1) is 12.4. The molecule has 1 fully saturated rings. The van der Waals surface area contributed by atoms with Crippen LogP contribution in [-0.2, 0) is 14.0 Å². The van der Waals surface area contributed by atoms with Crippen LogP contribution in [-0.4, -0.2) is 33.1 Å². The van der Waals surface area contributed by atoms with Gasteiger partial charge in [0.25, 0.3) is 0 Å². The van der Waals surface area contributed by atoms with E-state index >= 15 is 0 Å². The molecule has 1 aromatic heterocycles. The van der Waals surface area contributed by atoms with Crippen LogP contribution in [0, 0.1) is 17.3 Å². The Balaban J connectivity index is 2.21. The molecule has 0 radical (unpaired) electrons. The van der Waals surface area contributed by atoms with Crippen molar-refractivity contribution in [2.75, 3.05) is 7.11 Å². The first-order valence-corrected chi connectivity index (χ1v) is 12.6. The van der Waals surface area contributed by atoms with Crippen molar-refractivity contribution in [2.24, 2.45) is 17.3 Å². The first kappa shape index (κ1) is 20.5. The number of ether oxygens (including phenoxy) is 1. The van der Waals surface area contributed by atoms with E-state index in [4.69, 9.17) is 13.6 Å². The molecule has 1 saturated carbocycles. The predicted octanol–water partition coefficient (Wildman–Crippen LogP) is 4.79. The van der Waals surface area contributed by atoms with Gasteiger partial charge in [0.2, 0.25) is 5.78 Å². The summed E-state index contributed by atoms with van der Waals surface area (Å²) in [6.07, 6.45) is 1.07. The van der Waals surface area contributed by atoms with Crippen LogP contribution in [0.15, 0.2) is 16.7 Å². The highest BCUT2D eigenvalue weighted by atomic mass is 28.4. The molecule has 3 rings (SSSR count). The van der Waals surface area contributed by atoms with Crippen LogP contribution in [0.25, 0.3) is 0 Å². The zero-order valence-corrected chi connectivity index (χ0v) is 18.7. The summed E-state index contributed by atoms with van der Waals surface area (Å²) >= 11 is 0. The van der Waals surface area contributed by atoms with Gasteiger partial charge in [-0.2, -0.15) is 0 Å². The number of hydrogen-bond donors (Lipinski definition) is 0. The van der Waals surface area contributed by atoms with Crippen LogP contribution in [0.3, 0.4) is 0 Å².